The van der Waals surface area contributed by atoms with Crippen LogP contribution in [0.15, 0.2) is 53.0 Å². The van der Waals surface area contributed by atoms with E-state index in [1.807, 2.05) is 53.4 Å². The number of hydrogen-bond acceptors (Lipinski definition) is 2. The van der Waals surface area contributed by atoms with E-state index in [0.29, 0.717) is 13.0 Å². The van der Waals surface area contributed by atoms with Gasteiger partial charge in [-0.2, -0.15) is 0 Å². The Morgan fingerprint density at radius 3 is 2.58 bits per heavy atom. The molecule has 2 atom stereocenters. The zero-order valence-electron chi connectivity index (χ0n) is 15.0. The van der Waals surface area contributed by atoms with Gasteiger partial charge < -0.3 is 10.2 Å². The van der Waals surface area contributed by atoms with Crippen molar-refractivity contribution in [1.82, 2.24) is 5.32 Å². The molecule has 5 heteroatoms. The highest BCUT2D eigenvalue weighted by molar-refractivity contribution is 9.10. The molecular weight excluding hydrogens is 392 g/mol. The summed E-state index contributed by atoms with van der Waals surface area (Å²) in [5, 5.41) is 2.96. The summed E-state index contributed by atoms with van der Waals surface area (Å²) in [7, 11) is 0. The van der Waals surface area contributed by atoms with Crippen LogP contribution >= 0.6 is 15.9 Å². The van der Waals surface area contributed by atoms with Crippen LogP contribution in [0.2, 0.25) is 0 Å². The summed E-state index contributed by atoms with van der Waals surface area (Å²) in [4.78, 5) is 26.3. The summed E-state index contributed by atoms with van der Waals surface area (Å²) < 4.78 is 1.03. The fourth-order valence-electron chi connectivity index (χ4n) is 3.50. The van der Waals surface area contributed by atoms with Gasteiger partial charge >= 0.3 is 0 Å². The number of carbonyl (C=O) groups is 2. The number of anilines is 1. The topological polar surface area (TPSA) is 49.4 Å². The van der Waals surface area contributed by atoms with Gasteiger partial charge in [0.15, 0.2) is 0 Å². The predicted octanol–water partition coefficient (Wildman–Crippen LogP) is 4.04. The van der Waals surface area contributed by atoms with Crippen molar-refractivity contribution in [2.75, 3.05) is 11.4 Å². The summed E-state index contributed by atoms with van der Waals surface area (Å²) in [5.74, 6) is 0.150. The van der Waals surface area contributed by atoms with Crippen molar-refractivity contribution in [1.29, 1.82) is 0 Å². The Balaban J connectivity index is 1.78. The summed E-state index contributed by atoms with van der Waals surface area (Å²) in [6.07, 6.45) is 1.19. The second-order valence-electron chi connectivity index (χ2n) is 6.89. The van der Waals surface area contributed by atoms with Gasteiger partial charge in [0, 0.05) is 30.0 Å². The largest absolute Gasteiger partial charge is 0.351 e. The molecule has 26 heavy (non-hydrogen) atoms. The van der Waals surface area contributed by atoms with Crippen LogP contribution in [0.3, 0.4) is 0 Å². The highest BCUT2D eigenvalue weighted by Gasteiger charge is 2.29. The Morgan fingerprint density at radius 1 is 1.19 bits per heavy atom. The number of amides is 2. The molecule has 0 aliphatic carbocycles. The Bertz CT molecular complexity index is 804. The van der Waals surface area contributed by atoms with Crippen molar-refractivity contribution >= 4 is 33.4 Å². The fourth-order valence-corrected chi connectivity index (χ4v) is 3.76. The van der Waals surface area contributed by atoms with E-state index < -0.39 is 0 Å². The molecule has 0 aromatic heterocycles. The molecule has 1 aliphatic rings. The van der Waals surface area contributed by atoms with Gasteiger partial charge in [-0.1, -0.05) is 53.2 Å². The number of para-hydroxylation sites is 1. The van der Waals surface area contributed by atoms with E-state index in [9.17, 15) is 9.59 Å². The van der Waals surface area contributed by atoms with Crippen molar-refractivity contribution in [3.05, 3.63) is 64.1 Å². The van der Waals surface area contributed by atoms with Gasteiger partial charge in [0.25, 0.3) is 0 Å². The Labute approximate surface area is 162 Å². The number of hydrogen-bond donors (Lipinski definition) is 1. The molecule has 4 nitrogen and oxygen atoms in total. The minimum atomic E-state index is -0.0648. The first-order valence-electron chi connectivity index (χ1n) is 8.85. The highest BCUT2D eigenvalue weighted by atomic mass is 79.9. The molecule has 0 bridgehead atoms. The van der Waals surface area contributed by atoms with Gasteiger partial charge in [-0.25, -0.2) is 0 Å². The molecule has 2 aromatic carbocycles. The molecule has 1 N–H and O–H groups in total. The summed E-state index contributed by atoms with van der Waals surface area (Å²) in [6.45, 7) is 4.10. The SMILES string of the molecule is CC(=O)N[C@@H]1Cc2ccccc2N(C(=O)C[C@H](C)c2ccc(Br)cc2)C1. The number of benzene rings is 2. The van der Waals surface area contributed by atoms with E-state index in [1.165, 1.54) is 6.92 Å². The normalized spacial score (nSPS) is 17.3. The van der Waals surface area contributed by atoms with Crippen LogP contribution in [0.1, 0.15) is 37.3 Å². The Kier molecular flexibility index (Phi) is 5.77. The maximum absolute atomic E-state index is 13.0. The second kappa shape index (κ2) is 8.04. The van der Waals surface area contributed by atoms with Crippen LogP contribution in [-0.2, 0) is 16.0 Å². The lowest BCUT2D eigenvalue weighted by Gasteiger charge is -2.35. The lowest BCUT2D eigenvalue weighted by molar-refractivity contribution is -0.121. The monoisotopic (exact) mass is 414 g/mol. The van der Waals surface area contributed by atoms with E-state index in [1.54, 1.807) is 0 Å². The third-order valence-electron chi connectivity index (χ3n) is 4.78. The van der Waals surface area contributed by atoms with E-state index in [0.717, 1.165) is 27.7 Å². The molecule has 0 saturated heterocycles. The standard InChI is InChI=1S/C21H23BrN2O2/c1-14(16-7-9-18(22)10-8-16)11-21(26)24-13-19(23-15(2)25)12-17-5-3-4-6-20(17)24/h3-10,14,19H,11-13H2,1-2H3,(H,23,25)/t14-,19+/m0/s1. The van der Waals surface area contributed by atoms with E-state index in [4.69, 9.17) is 0 Å². The van der Waals surface area contributed by atoms with E-state index in [-0.39, 0.29) is 23.8 Å². The molecule has 0 radical (unpaired) electrons. The molecule has 0 spiro atoms. The number of fused-ring (bicyclic) bond motifs is 1. The minimum Gasteiger partial charge on any atom is -0.351 e. The molecule has 2 aromatic rings. The number of nitrogens with zero attached hydrogens (tertiary/aromatic N) is 1. The quantitative estimate of drug-likeness (QED) is 0.820. The van der Waals surface area contributed by atoms with Crippen LogP contribution in [0.4, 0.5) is 5.69 Å². The first kappa shape index (κ1) is 18.6. The van der Waals surface area contributed by atoms with Gasteiger partial charge in [-0.05, 0) is 41.7 Å². The summed E-state index contributed by atoms with van der Waals surface area (Å²) in [5.41, 5.74) is 3.20. The maximum Gasteiger partial charge on any atom is 0.227 e. The fraction of sp³-hybridized carbons (Fsp3) is 0.333. The van der Waals surface area contributed by atoms with Crippen LogP contribution in [0, 0.1) is 0 Å². The zero-order valence-corrected chi connectivity index (χ0v) is 16.6. The first-order valence-corrected chi connectivity index (χ1v) is 9.64. The van der Waals surface area contributed by atoms with Crippen molar-refractivity contribution in [2.45, 2.75) is 38.6 Å². The van der Waals surface area contributed by atoms with Crippen molar-refractivity contribution < 1.29 is 9.59 Å². The van der Waals surface area contributed by atoms with Gasteiger partial charge in [0.1, 0.15) is 0 Å². The summed E-state index contributed by atoms with van der Waals surface area (Å²) >= 11 is 3.44. The number of nitrogens with one attached hydrogen (secondary N) is 1. The Hall–Kier alpha value is -2.14. The molecule has 1 aliphatic heterocycles. The third kappa shape index (κ3) is 4.33. The molecule has 0 fully saturated rings. The highest BCUT2D eigenvalue weighted by Crippen LogP contribution is 2.30. The third-order valence-corrected chi connectivity index (χ3v) is 5.31. The Morgan fingerprint density at radius 2 is 1.88 bits per heavy atom. The average molecular weight is 415 g/mol. The smallest absolute Gasteiger partial charge is 0.227 e. The van der Waals surface area contributed by atoms with E-state index >= 15 is 0 Å². The van der Waals surface area contributed by atoms with Crippen LogP contribution < -0.4 is 10.2 Å². The molecule has 136 valence electrons. The molecular formula is C21H23BrN2O2. The molecule has 0 saturated carbocycles. The minimum absolute atomic E-state index is 0.0469. The van der Waals surface area contributed by atoms with Gasteiger partial charge in [0.2, 0.25) is 11.8 Å². The lowest BCUT2D eigenvalue weighted by Crippen LogP contribution is -2.50. The predicted molar refractivity (Wildman–Crippen MR) is 107 cm³/mol. The first-order chi connectivity index (χ1) is 12.4. The van der Waals surface area contributed by atoms with Gasteiger partial charge in [-0.15, -0.1) is 0 Å². The van der Waals surface area contributed by atoms with Crippen LogP contribution in [-0.4, -0.2) is 24.4 Å². The van der Waals surface area contributed by atoms with Gasteiger partial charge in [0.05, 0.1) is 6.04 Å². The molecule has 2 amide bonds. The number of rotatable bonds is 4. The summed E-state index contributed by atoms with van der Waals surface area (Å²) in [6, 6.07) is 16.0. The molecule has 0 unspecified atom stereocenters. The molecule has 3 rings (SSSR count). The zero-order chi connectivity index (χ0) is 18.7. The van der Waals surface area contributed by atoms with E-state index in [2.05, 4.69) is 28.2 Å². The van der Waals surface area contributed by atoms with Crippen molar-refractivity contribution in [3.63, 3.8) is 0 Å². The average Bonchev–Trinajstić information content (AvgIpc) is 2.61. The maximum atomic E-state index is 13.0. The number of carbonyl (C=O) groups excluding carboxylic acids is 2. The van der Waals surface area contributed by atoms with Crippen molar-refractivity contribution in [2.24, 2.45) is 0 Å². The lowest BCUT2D eigenvalue weighted by atomic mass is 9.94. The van der Waals surface area contributed by atoms with Crippen LogP contribution in [0.5, 0.6) is 0 Å². The van der Waals surface area contributed by atoms with Crippen LogP contribution in [0.25, 0.3) is 0 Å². The number of halogens is 1. The van der Waals surface area contributed by atoms with Crippen molar-refractivity contribution in [3.8, 4) is 0 Å². The second-order valence-corrected chi connectivity index (χ2v) is 7.81. The van der Waals surface area contributed by atoms with Gasteiger partial charge in [-0.3, -0.25) is 9.59 Å². The molecule has 1 heterocycles.